The van der Waals surface area contributed by atoms with E-state index in [0.29, 0.717) is 19.5 Å². The van der Waals surface area contributed by atoms with Gasteiger partial charge in [-0.25, -0.2) is 14.6 Å². The van der Waals surface area contributed by atoms with Crippen molar-refractivity contribution >= 4 is 35.3 Å². The summed E-state index contributed by atoms with van der Waals surface area (Å²) >= 11 is 0. The molecule has 0 spiro atoms. The molecule has 1 aromatic heterocycles. The first-order valence-corrected chi connectivity index (χ1v) is 18.8. The van der Waals surface area contributed by atoms with Crippen molar-refractivity contribution in [1.82, 2.24) is 30.4 Å². The fourth-order valence-electron chi connectivity index (χ4n) is 7.65. The lowest BCUT2D eigenvalue weighted by atomic mass is 9.95. The molecule has 2 fully saturated rings. The van der Waals surface area contributed by atoms with Crippen molar-refractivity contribution in [1.29, 1.82) is 0 Å². The van der Waals surface area contributed by atoms with E-state index in [1.807, 2.05) is 43.7 Å². The topological polar surface area (TPSA) is 158 Å². The molecule has 54 heavy (non-hydrogen) atoms. The predicted molar refractivity (Wildman–Crippen MR) is 206 cm³/mol. The maximum Gasteiger partial charge on any atom is 0.407 e. The van der Waals surface area contributed by atoms with Crippen LogP contribution in [0.1, 0.15) is 77.2 Å². The van der Waals surface area contributed by atoms with Crippen molar-refractivity contribution in [2.24, 2.45) is 16.8 Å². The van der Waals surface area contributed by atoms with Gasteiger partial charge in [0.15, 0.2) is 0 Å². The molecule has 4 atom stereocenters. The molecule has 6 rings (SSSR count). The number of imidazole rings is 1. The van der Waals surface area contributed by atoms with Crippen LogP contribution in [-0.2, 0) is 19.1 Å². The van der Waals surface area contributed by atoms with Crippen LogP contribution in [0.2, 0.25) is 0 Å². The van der Waals surface area contributed by atoms with Gasteiger partial charge in [-0.05, 0) is 65.3 Å². The van der Waals surface area contributed by atoms with E-state index in [2.05, 4.69) is 69.1 Å². The predicted octanol–water partition coefficient (Wildman–Crippen LogP) is 6.35. The van der Waals surface area contributed by atoms with E-state index in [4.69, 9.17) is 14.5 Å². The van der Waals surface area contributed by atoms with Gasteiger partial charge in [0, 0.05) is 31.4 Å². The van der Waals surface area contributed by atoms with Crippen LogP contribution < -0.4 is 10.6 Å². The lowest BCUT2D eigenvalue weighted by Crippen LogP contribution is -2.53. The zero-order valence-corrected chi connectivity index (χ0v) is 31.9. The van der Waals surface area contributed by atoms with E-state index in [1.54, 1.807) is 6.20 Å². The van der Waals surface area contributed by atoms with Crippen molar-refractivity contribution in [2.45, 2.75) is 84.0 Å². The van der Waals surface area contributed by atoms with Gasteiger partial charge in [0.1, 0.15) is 17.9 Å². The molecular formula is C41H51N7O6. The molecule has 0 aliphatic carbocycles. The highest BCUT2D eigenvalue weighted by molar-refractivity contribution is 6.04. The van der Waals surface area contributed by atoms with Crippen LogP contribution in [0.5, 0.6) is 0 Å². The Kier molecular flexibility index (Phi) is 11.8. The number of benzene rings is 2. The number of likely N-dealkylation sites (tertiary alicyclic amines) is 2. The first kappa shape index (κ1) is 38.3. The van der Waals surface area contributed by atoms with E-state index in [0.717, 1.165) is 70.7 Å². The second-order valence-corrected chi connectivity index (χ2v) is 14.9. The Morgan fingerprint density at radius 3 is 1.72 bits per heavy atom. The third-order valence-corrected chi connectivity index (χ3v) is 10.7. The van der Waals surface area contributed by atoms with Gasteiger partial charge in [0.25, 0.3) is 0 Å². The Balaban J connectivity index is 1.07. The summed E-state index contributed by atoms with van der Waals surface area (Å²) in [5, 5.41) is 5.41. The number of ether oxygens (including phenoxy) is 2. The summed E-state index contributed by atoms with van der Waals surface area (Å²) < 4.78 is 9.52. The van der Waals surface area contributed by atoms with Crippen molar-refractivity contribution in [2.75, 3.05) is 27.3 Å². The molecule has 3 aliphatic heterocycles. The number of aromatic nitrogens is 2. The fraction of sp³-hybridized carbons (Fsp3) is 0.463. The molecule has 0 unspecified atom stereocenters. The monoisotopic (exact) mass is 737 g/mol. The molecule has 0 saturated carbocycles. The molecule has 3 N–H and O–H groups in total. The summed E-state index contributed by atoms with van der Waals surface area (Å²) in [5.41, 5.74) is 7.18. The number of hydrogen-bond donors (Lipinski definition) is 3. The molecule has 0 bridgehead atoms. The number of methoxy groups -OCH3 is 2. The molecule has 2 saturated heterocycles. The van der Waals surface area contributed by atoms with Crippen LogP contribution in [0.4, 0.5) is 9.59 Å². The highest BCUT2D eigenvalue weighted by Crippen LogP contribution is 2.34. The first-order valence-electron chi connectivity index (χ1n) is 18.8. The second kappa shape index (κ2) is 16.7. The quantitative estimate of drug-likeness (QED) is 0.207. The summed E-state index contributed by atoms with van der Waals surface area (Å²) in [6, 6.07) is 15.1. The van der Waals surface area contributed by atoms with Gasteiger partial charge in [0.05, 0.1) is 38.2 Å². The average molecular weight is 738 g/mol. The number of hydrogen-bond acceptors (Lipinski definition) is 8. The van der Waals surface area contributed by atoms with Crippen molar-refractivity contribution < 1.29 is 28.7 Å². The molecule has 286 valence electrons. The third kappa shape index (κ3) is 8.19. The van der Waals surface area contributed by atoms with Crippen LogP contribution >= 0.6 is 0 Å². The smallest absolute Gasteiger partial charge is 0.407 e. The molecule has 4 heterocycles. The molecule has 13 heteroatoms. The molecular weight excluding hydrogens is 686 g/mol. The fourth-order valence-corrected chi connectivity index (χ4v) is 7.65. The number of nitrogens with one attached hydrogen (secondary N) is 3. The molecule has 0 radical (unpaired) electrons. The number of carbonyl (C=O) groups excluding carboxylic acids is 4. The Morgan fingerprint density at radius 1 is 0.722 bits per heavy atom. The number of alkyl carbamates (subject to hydrolysis) is 2. The molecule has 3 aliphatic rings. The Morgan fingerprint density at radius 2 is 1.20 bits per heavy atom. The van der Waals surface area contributed by atoms with Crippen LogP contribution in [0.25, 0.3) is 28.0 Å². The van der Waals surface area contributed by atoms with E-state index >= 15 is 0 Å². The number of aliphatic imine (C=N–C) groups is 1. The van der Waals surface area contributed by atoms with Gasteiger partial charge < -0.3 is 34.9 Å². The standard InChI is InChI=1S/C41H51N7O6/c1-24(2)35(45-40(51)53-5)38(49)47-19-7-9-33(47)31-21-30(22-42-31)28-13-11-26(12-14-28)27-15-17-29(18-16-27)32-23-43-37(44-32)34-10-8-20-48(34)39(50)36(25(3)4)46-41(52)54-6/h11-18,22-25,33-36H,7-10,19-21H2,1-6H3,(H,43,44)(H,45,51)(H,46,52)/t33-,34-,35+,36+/m1/s1. The van der Waals surface area contributed by atoms with E-state index in [-0.39, 0.29) is 35.7 Å². The maximum atomic E-state index is 13.5. The van der Waals surface area contributed by atoms with Gasteiger partial charge in [0.2, 0.25) is 11.8 Å². The number of carbonyl (C=O) groups is 4. The molecule has 4 amide bonds. The second-order valence-electron chi connectivity index (χ2n) is 14.9. The Hall–Kier alpha value is -5.46. The number of aromatic amines is 1. The normalized spacial score (nSPS) is 19.4. The van der Waals surface area contributed by atoms with Crippen LogP contribution in [0, 0.1) is 11.8 Å². The number of rotatable bonds is 11. The van der Waals surface area contributed by atoms with Crippen molar-refractivity contribution in [3.05, 3.63) is 72.3 Å². The summed E-state index contributed by atoms with van der Waals surface area (Å²) in [6.07, 6.45) is 6.52. The van der Waals surface area contributed by atoms with Gasteiger partial charge in [-0.3, -0.25) is 14.6 Å². The SMILES string of the molecule is COC(=O)N[C@H](C(=O)N1CCC[C@@H]1C1=NC=C(c2ccc(-c3ccc(-c4cnc([C@H]5CCCN5C(=O)[C@@H](NC(=O)OC)C(C)C)[nH]4)cc3)cc2)C1)C(C)C. The summed E-state index contributed by atoms with van der Waals surface area (Å²) in [4.78, 5) is 67.5. The lowest BCUT2D eigenvalue weighted by molar-refractivity contribution is -0.135. The molecule has 3 aromatic rings. The molecule has 2 aromatic carbocycles. The van der Waals surface area contributed by atoms with Crippen LogP contribution in [0.15, 0.2) is 65.9 Å². The van der Waals surface area contributed by atoms with E-state index < -0.39 is 24.3 Å². The minimum absolute atomic E-state index is 0.0837. The van der Waals surface area contributed by atoms with Gasteiger partial charge >= 0.3 is 12.2 Å². The number of nitrogens with zero attached hydrogens (tertiary/aromatic N) is 4. The van der Waals surface area contributed by atoms with Crippen molar-refractivity contribution in [3.8, 4) is 22.4 Å². The number of H-pyrrole nitrogens is 1. The van der Waals surface area contributed by atoms with Gasteiger partial charge in [-0.2, -0.15) is 0 Å². The summed E-state index contributed by atoms with van der Waals surface area (Å²) in [5.74, 6) is 0.306. The molecule has 13 nitrogen and oxygen atoms in total. The zero-order valence-electron chi connectivity index (χ0n) is 31.9. The average Bonchev–Trinajstić information content (AvgIpc) is 4.02. The minimum Gasteiger partial charge on any atom is -0.453 e. The maximum absolute atomic E-state index is 13.5. The first-order chi connectivity index (χ1) is 26.0. The highest BCUT2D eigenvalue weighted by atomic mass is 16.5. The highest BCUT2D eigenvalue weighted by Gasteiger charge is 2.39. The van der Waals surface area contributed by atoms with E-state index in [9.17, 15) is 19.2 Å². The zero-order chi connectivity index (χ0) is 38.5. The van der Waals surface area contributed by atoms with Gasteiger partial charge in [-0.1, -0.05) is 76.2 Å². The number of amides is 4. The van der Waals surface area contributed by atoms with E-state index in [1.165, 1.54) is 14.2 Å². The van der Waals surface area contributed by atoms with Crippen molar-refractivity contribution in [3.63, 3.8) is 0 Å². The lowest BCUT2D eigenvalue weighted by Gasteiger charge is -2.31. The van der Waals surface area contributed by atoms with Crippen LogP contribution in [-0.4, -0.2) is 94.9 Å². The van der Waals surface area contributed by atoms with Crippen LogP contribution in [0.3, 0.4) is 0 Å². The summed E-state index contributed by atoms with van der Waals surface area (Å²) in [6.45, 7) is 8.87. The van der Waals surface area contributed by atoms with Gasteiger partial charge in [-0.15, -0.1) is 0 Å². The Bertz CT molecular complexity index is 1900. The number of allylic oxidation sites excluding steroid dienone is 1. The third-order valence-electron chi connectivity index (χ3n) is 10.7. The minimum atomic E-state index is -0.684. The summed E-state index contributed by atoms with van der Waals surface area (Å²) in [7, 11) is 2.59. The largest absolute Gasteiger partial charge is 0.453 e. The Labute approximate surface area is 316 Å².